The van der Waals surface area contributed by atoms with E-state index in [4.69, 9.17) is 4.74 Å². The summed E-state index contributed by atoms with van der Waals surface area (Å²) in [7, 11) is -3.31. The van der Waals surface area contributed by atoms with Crippen LogP contribution in [0.1, 0.15) is 39.0 Å². The van der Waals surface area contributed by atoms with Crippen LogP contribution in [-0.2, 0) is 10.0 Å². The van der Waals surface area contributed by atoms with Crippen LogP contribution in [0.2, 0.25) is 0 Å². The number of hydrogen-bond acceptors (Lipinski definition) is 4. The Balaban J connectivity index is 0.00000225. The summed E-state index contributed by atoms with van der Waals surface area (Å²) in [6, 6.07) is 7.83. The van der Waals surface area contributed by atoms with Gasteiger partial charge in [-0.3, -0.25) is 0 Å². The van der Waals surface area contributed by atoms with Gasteiger partial charge in [0.1, 0.15) is 12.4 Å². The number of halogens is 1. The van der Waals surface area contributed by atoms with Crippen LogP contribution in [0.3, 0.4) is 0 Å². The topological polar surface area (TPSA) is 60.3 Å². The smallest absolute Gasteiger partial charge is 0.238 e. The van der Waals surface area contributed by atoms with Crippen molar-refractivity contribution in [3.8, 4) is 5.75 Å². The van der Waals surface area contributed by atoms with E-state index in [0.29, 0.717) is 24.6 Å². The molecule has 25 heavy (non-hydrogen) atoms. The molecule has 0 aliphatic carbocycles. The minimum atomic E-state index is -3.31. The van der Waals surface area contributed by atoms with Crippen LogP contribution < -0.4 is 10.1 Å². The van der Waals surface area contributed by atoms with Gasteiger partial charge in [-0.05, 0) is 44.0 Å². The second-order valence-electron chi connectivity index (χ2n) is 6.43. The predicted molar refractivity (Wildman–Crippen MR) is 104 cm³/mol. The van der Waals surface area contributed by atoms with Gasteiger partial charge in [-0.15, -0.1) is 12.4 Å². The van der Waals surface area contributed by atoms with Gasteiger partial charge in [0.2, 0.25) is 10.0 Å². The molecule has 7 heteroatoms. The molecule has 0 spiro atoms. The van der Waals surface area contributed by atoms with Crippen LogP contribution in [0.5, 0.6) is 5.75 Å². The summed E-state index contributed by atoms with van der Waals surface area (Å²) in [5.74, 6) is 0.936. The van der Waals surface area contributed by atoms with Crippen molar-refractivity contribution in [2.75, 3.05) is 18.9 Å². The first kappa shape index (κ1) is 20.1. The van der Waals surface area contributed by atoms with Gasteiger partial charge in [-0.2, -0.15) is 0 Å². The maximum absolute atomic E-state index is 12.6. The molecule has 1 aromatic heterocycles. The van der Waals surface area contributed by atoms with Crippen molar-refractivity contribution in [3.05, 3.63) is 30.5 Å². The molecular formula is C18H27ClN2O3S. The highest BCUT2D eigenvalue weighted by atomic mass is 35.5. The number of nitrogens with one attached hydrogen (secondary N) is 1. The van der Waals surface area contributed by atoms with Crippen molar-refractivity contribution in [1.29, 1.82) is 0 Å². The first-order valence-electron chi connectivity index (χ1n) is 8.81. The van der Waals surface area contributed by atoms with Gasteiger partial charge in [0, 0.05) is 17.6 Å². The van der Waals surface area contributed by atoms with Gasteiger partial charge in [0.15, 0.2) is 0 Å². The van der Waals surface area contributed by atoms with Gasteiger partial charge in [0.25, 0.3) is 0 Å². The Hall–Kier alpha value is -1.24. The van der Waals surface area contributed by atoms with E-state index in [1.807, 2.05) is 24.3 Å². The Morgan fingerprint density at radius 1 is 1.28 bits per heavy atom. The fraction of sp³-hybridized carbons (Fsp3) is 0.556. The molecule has 0 bridgehead atoms. The van der Waals surface area contributed by atoms with Gasteiger partial charge < -0.3 is 10.1 Å². The first-order chi connectivity index (χ1) is 11.6. The van der Waals surface area contributed by atoms with Gasteiger partial charge in [-0.1, -0.05) is 25.8 Å². The molecule has 5 nitrogen and oxygen atoms in total. The van der Waals surface area contributed by atoms with Crippen LogP contribution in [0.15, 0.2) is 30.5 Å². The highest BCUT2D eigenvalue weighted by Gasteiger charge is 2.18. The van der Waals surface area contributed by atoms with Crippen LogP contribution in [0.25, 0.3) is 10.9 Å². The molecule has 3 rings (SSSR count). The van der Waals surface area contributed by atoms with E-state index >= 15 is 0 Å². The van der Waals surface area contributed by atoms with Crippen molar-refractivity contribution in [2.45, 2.75) is 45.1 Å². The van der Waals surface area contributed by atoms with Gasteiger partial charge in [-0.25, -0.2) is 12.4 Å². The number of unbranched alkanes of at least 4 members (excludes halogenated alkanes) is 2. The molecule has 1 unspecified atom stereocenters. The Labute approximate surface area is 156 Å². The lowest BCUT2D eigenvalue weighted by Gasteiger charge is -2.13. The standard InChI is InChI=1S/C18H26N2O3S.ClH/c1-2-3-4-13-24(21,22)20-12-10-16-17(20)8-5-9-18(16)23-14-15-7-6-11-19-15;/h5,8-10,12,15,19H,2-4,6-7,11,13-14H2,1H3;1H. The number of benzene rings is 1. The molecular weight excluding hydrogens is 360 g/mol. The normalized spacial score (nSPS) is 17.6. The molecule has 1 saturated heterocycles. The van der Waals surface area contributed by atoms with E-state index in [1.54, 1.807) is 6.20 Å². The van der Waals surface area contributed by atoms with Gasteiger partial charge in [0.05, 0.1) is 11.3 Å². The van der Waals surface area contributed by atoms with E-state index in [0.717, 1.165) is 36.9 Å². The maximum atomic E-state index is 12.6. The van der Waals surface area contributed by atoms with Crippen molar-refractivity contribution in [1.82, 2.24) is 9.29 Å². The van der Waals surface area contributed by atoms with Crippen LogP contribution in [0.4, 0.5) is 0 Å². The fourth-order valence-electron chi connectivity index (χ4n) is 3.21. The van der Waals surface area contributed by atoms with Crippen molar-refractivity contribution in [3.63, 3.8) is 0 Å². The van der Waals surface area contributed by atoms with Crippen LogP contribution in [0, 0.1) is 0 Å². The summed E-state index contributed by atoms with van der Waals surface area (Å²) >= 11 is 0. The summed E-state index contributed by atoms with van der Waals surface area (Å²) in [4.78, 5) is 0. The summed E-state index contributed by atoms with van der Waals surface area (Å²) < 4.78 is 32.5. The Kier molecular flexibility index (Phi) is 7.16. The van der Waals surface area contributed by atoms with Crippen molar-refractivity contribution in [2.24, 2.45) is 0 Å². The molecule has 2 aromatic rings. The second kappa shape index (κ2) is 8.92. The highest BCUT2D eigenvalue weighted by molar-refractivity contribution is 7.90. The number of rotatable bonds is 8. The Morgan fingerprint density at radius 2 is 2.12 bits per heavy atom. The number of fused-ring (bicyclic) bond motifs is 1. The summed E-state index contributed by atoms with van der Waals surface area (Å²) in [5, 5.41) is 4.26. The van der Waals surface area contributed by atoms with Crippen LogP contribution >= 0.6 is 12.4 Å². The lowest BCUT2D eigenvalue weighted by Crippen LogP contribution is -2.28. The van der Waals surface area contributed by atoms with E-state index in [1.165, 1.54) is 10.4 Å². The number of hydrogen-bond donors (Lipinski definition) is 1. The van der Waals surface area contributed by atoms with E-state index in [9.17, 15) is 8.42 Å². The molecule has 0 amide bonds. The summed E-state index contributed by atoms with van der Waals surface area (Å²) in [6.45, 7) is 3.73. The van der Waals surface area contributed by atoms with E-state index < -0.39 is 10.0 Å². The molecule has 1 aromatic carbocycles. The SMILES string of the molecule is CCCCCS(=O)(=O)n1ccc2c(OCC3CCCN3)cccc21.Cl. The summed E-state index contributed by atoms with van der Waals surface area (Å²) in [5.41, 5.74) is 0.698. The highest BCUT2D eigenvalue weighted by Crippen LogP contribution is 2.28. The lowest BCUT2D eigenvalue weighted by molar-refractivity contribution is 0.280. The largest absolute Gasteiger partial charge is 0.491 e. The molecule has 0 saturated carbocycles. The molecule has 1 fully saturated rings. The molecule has 2 heterocycles. The Bertz CT molecular complexity index is 783. The molecule has 1 aliphatic rings. The Morgan fingerprint density at radius 3 is 2.84 bits per heavy atom. The minimum Gasteiger partial charge on any atom is -0.491 e. The van der Waals surface area contributed by atoms with Gasteiger partial charge >= 0.3 is 0 Å². The zero-order valence-corrected chi connectivity index (χ0v) is 16.2. The zero-order chi connectivity index (χ0) is 17.0. The lowest BCUT2D eigenvalue weighted by atomic mass is 10.2. The maximum Gasteiger partial charge on any atom is 0.238 e. The third-order valence-corrected chi connectivity index (χ3v) is 6.29. The molecule has 1 aliphatic heterocycles. The number of ether oxygens (including phenoxy) is 1. The average molecular weight is 387 g/mol. The monoisotopic (exact) mass is 386 g/mol. The van der Waals surface area contributed by atoms with E-state index in [2.05, 4.69) is 12.2 Å². The van der Waals surface area contributed by atoms with Crippen LogP contribution in [-0.4, -0.2) is 37.3 Å². The van der Waals surface area contributed by atoms with Crippen molar-refractivity contribution < 1.29 is 13.2 Å². The average Bonchev–Trinajstić information content (AvgIpc) is 3.22. The van der Waals surface area contributed by atoms with Crippen molar-refractivity contribution >= 4 is 33.3 Å². The third-order valence-electron chi connectivity index (χ3n) is 4.57. The quantitative estimate of drug-likeness (QED) is 0.704. The number of nitrogens with zero attached hydrogens (tertiary/aromatic N) is 1. The second-order valence-corrected chi connectivity index (χ2v) is 8.39. The molecule has 140 valence electrons. The zero-order valence-electron chi connectivity index (χ0n) is 14.6. The molecule has 1 atom stereocenters. The first-order valence-corrected chi connectivity index (χ1v) is 10.4. The third kappa shape index (κ3) is 4.68. The minimum absolute atomic E-state index is 0. The fourth-order valence-corrected chi connectivity index (χ4v) is 4.68. The number of aromatic nitrogens is 1. The van der Waals surface area contributed by atoms with E-state index in [-0.39, 0.29) is 18.2 Å². The molecule has 1 N–H and O–H groups in total. The summed E-state index contributed by atoms with van der Waals surface area (Å²) in [6.07, 6.45) is 6.60. The molecule has 0 radical (unpaired) electrons. The predicted octanol–water partition coefficient (Wildman–Crippen LogP) is 3.56.